The standard InChI is InChI=1S/C14H20N2/c1-3-11(2)13-7-5-4-6-12(13)10-14-15-8-9-16-14/h4-7,11H,3,8-10H2,1-2H3,(H,15,16). The molecule has 0 bridgehead atoms. The van der Waals surface area contributed by atoms with E-state index in [-0.39, 0.29) is 0 Å². The highest BCUT2D eigenvalue weighted by molar-refractivity contribution is 5.86. The maximum Gasteiger partial charge on any atom is 0.101 e. The molecule has 2 heteroatoms. The van der Waals surface area contributed by atoms with Gasteiger partial charge in [0.25, 0.3) is 0 Å². The van der Waals surface area contributed by atoms with Crippen LogP contribution < -0.4 is 5.32 Å². The predicted molar refractivity (Wildman–Crippen MR) is 69.2 cm³/mol. The summed E-state index contributed by atoms with van der Waals surface area (Å²) in [4.78, 5) is 4.46. The summed E-state index contributed by atoms with van der Waals surface area (Å²) in [5, 5.41) is 3.34. The molecular formula is C14H20N2. The van der Waals surface area contributed by atoms with Gasteiger partial charge in [-0.25, -0.2) is 0 Å². The molecule has 1 atom stereocenters. The molecule has 0 saturated carbocycles. The minimum atomic E-state index is 0.637. The van der Waals surface area contributed by atoms with Gasteiger partial charge in [-0.15, -0.1) is 0 Å². The fourth-order valence-electron chi connectivity index (χ4n) is 2.14. The zero-order valence-electron chi connectivity index (χ0n) is 10.2. The minimum Gasteiger partial charge on any atom is -0.372 e. The van der Waals surface area contributed by atoms with Crippen molar-refractivity contribution in [2.24, 2.45) is 4.99 Å². The van der Waals surface area contributed by atoms with Gasteiger partial charge in [0.2, 0.25) is 0 Å². The average Bonchev–Trinajstić information content (AvgIpc) is 2.82. The molecule has 1 aliphatic heterocycles. The van der Waals surface area contributed by atoms with E-state index in [0.29, 0.717) is 5.92 Å². The summed E-state index contributed by atoms with van der Waals surface area (Å²) in [5.74, 6) is 1.79. The molecule has 0 fully saturated rings. The molecule has 0 aromatic heterocycles. The zero-order valence-corrected chi connectivity index (χ0v) is 10.2. The Labute approximate surface area is 97.8 Å². The first-order valence-corrected chi connectivity index (χ1v) is 6.16. The lowest BCUT2D eigenvalue weighted by Gasteiger charge is -2.14. The van der Waals surface area contributed by atoms with Gasteiger partial charge in [0.1, 0.15) is 5.84 Å². The first-order chi connectivity index (χ1) is 7.81. The van der Waals surface area contributed by atoms with Gasteiger partial charge < -0.3 is 5.32 Å². The SMILES string of the molecule is CCC(C)c1ccccc1CC1=NCCN1. The summed E-state index contributed by atoms with van der Waals surface area (Å²) in [6.45, 7) is 6.47. The highest BCUT2D eigenvalue weighted by Crippen LogP contribution is 2.23. The molecule has 0 amide bonds. The van der Waals surface area contributed by atoms with E-state index in [1.165, 1.54) is 17.5 Å². The van der Waals surface area contributed by atoms with E-state index in [0.717, 1.165) is 25.3 Å². The molecule has 86 valence electrons. The third kappa shape index (κ3) is 2.43. The second-order valence-corrected chi connectivity index (χ2v) is 4.44. The highest BCUT2D eigenvalue weighted by Gasteiger charge is 2.12. The topological polar surface area (TPSA) is 24.4 Å². The zero-order chi connectivity index (χ0) is 11.4. The number of rotatable bonds is 4. The van der Waals surface area contributed by atoms with Crippen molar-refractivity contribution in [3.05, 3.63) is 35.4 Å². The smallest absolute Gasteiger partial charge is 0.101 e. The number of hydrogen-bond acceptors (Lipinski definition) is 2. The van der Waals surface area contributed by atoms with Crippen LogP contribution in [-0.2, 0) is 6.42 Å². The number of benzene rings is 1. The van der Waals surface area contributed by atoms with Crippen LogP contribution in [0.1, 0.15) is 37.3 Å². The predicted octanol–water partition coefficient (Wildman–Crippen LogP) is 2.74. The van der Waals surface area contributed by atoms with Crippen molar-refractivity contribution in [2.45, 2.75) is 32.6 Å². The Morgan fingerprint density at radius 3 is 2.88 bits per heavy atom. The molecule has 1 N–H and O–H groups in total. The van der Waals surface area contributed by atoms with Crippen molar-refractivity contribution < 1.29 is 0 Å². The third-order valence-electron chi connectivity index (χ3n) is 3.30. The number of nitrogens with one attached hydrogen (secondary N) is 1. The van der Waals surface area contributed by atoms with Gasteiger partial charge in [-0.2, -0.15) is 0 Å². The normalized spacial score (nSPS) is 16.8. The Morgan fingerprint density at radius 1 is 1.38 bits per heavy atom. The summed E-state index contributed by atoms with van der Waals surface area (Å²) in [5.41, 5.74) is 2.89. The molecule has 0 saturated heterocycles. The molecule has 1 aromatic rings. The molecule has 0 aliphatic carbocycles. The van der Waals surface area contributed by atoms with Crippen LogP contribution in [0.25, 0.3) is 0 Å². The van der Waals surface area contributed by atoms with E-state index >= 15 is 0 Å². The highest BCUT2D eigenvalue weighted by atomic mass is 15.1. The average molecular weight is 216 g/mol. The number of amidine groups is 1. The third-order valence-corrected chi connectivity index (χ3v) is 3.30. The molecule has 0 radical (unpaired) electrons. The Morgan fingerprint density at radius 2 is 2.19 bits per heavy atom. The van der Waals surface area contributed by atoms with Gasteiger partial charge >= 0.3 is 0 Å². The van der Waals surface area contributed by atoms with Gasteiger partial charge in [-0.1, -0.05) is 38.1 Å². The van der Waals surface area contributed by atoms with Gasteiger partial charge in [0.15, 0.2) is 0 Å². The summed E-state index contributed by atoms with van der Waals surface area (Å²) in [6, 6.07) is 8.73. The Balaban J connectivity index is 2.18. The molecule has 1 unspecified atom stereocenters. The van der Waals surface area contributed by atoms with Crippen molar-refractivity contribution in [3.63, 3.8) is 0 Å². The summed E-state index contributed by atoms with van der Waals surface area (Å²) in [6.07, 6.45) is 2.15. The van der Waals surface area contributed by atoms with Gasteiger partial charge in [0, 0.05) is 13.0 Å². The van der Waals surface area contributed by atoms with Crippen LogP contribution in [-0.4, -0.2) is 18.9 Å². The molecule has 1 heterocycles. The quantitative estimate of drug-likeness (QED) is 0.822. The van der Waals surface area contributed by atoms with Crippen LogP contribution in [0.5, 0.6) is 0 Å². The van der Waals surface area contributed by atoms with E-state index in [2.05, 4.69) is 48.4 Å². The van der Waals surface area contributed by atoms with E-state index in [1.54, 1.807) is 0 Å². The van der Waals surface area contributed by atoms with E-state index < -0.39 is 0 Å². The maximum absolute atomic E-state index is 4.46. The van der Waals surface area contributed by atoms with Crippen molar-refractivity contribution in [3.8, 4) is 0 Å². The first-order valence-electron chi connectivity index (χ1n) is 6.16. The van der Waals surface area contributed by atoms with E-state index in [4.69, 9.17) is 0 Å². The first kappa shape index (κ1) is 11.2. The monoisotopic (exact) mass is 216 g/mol. The Bertz CT molecular complexity index is 382. The lowest BCUT2D eigenvalue weighted by molar-refractivity contribution is 0.726. The van der Waals surface area contributed by atoms with Crippen LogP contribution in [0.3, 0.4) is 0 Å². The second kappa shape index (κ2) is 5.15. The lowest BCUT2D eigenvalue weighted by atomic mass is 9.92. The summed E-state index contributed by atoms with van der Waals surface area (Å²) < 4.78 is 0. The summed E-state index contributed by atoms with van der Waals surface area (Å²) in [7, 11) is 0. The molecule has 1 aliphatic rings. The van der Waals surface area contributed by atoms with E-state index in [9.17, 15) is 0 Å². The van der Waals surface area contributed by atoms with Crippen molar-refractivity contribution in [1.82, 2.24) is 5.32 Å². The molecule has 2 nitrogen and oxygen atoms in total. The van der Waals surface area contributed by atoms with Crippen LogP contribution >= 0.6 is 0 Å². The van der Waals surface area contributed by atoms with E-state index in [1.807, 2.05) is 0 Å². The minimum absolute atomic E-state index is 0.637. The van der Waals surface area contributed by atoms with Crippen molar-refractivity contribution in [1.29, 1.82) is 0 Å². The number of aliphatic imine (C=N–C) groups is 1. The van der Waals surface area contributed by atoms with Gasteiger partial charge in [0.05, 0.1) is 6.54 Å². The number of nitrogens with zero attached hydrogens (tertiary/aromatic N) is 1. The molecule has 2 rings (SSSR count). The van der Waals surface area contributed by atoms with Crippen LogP contribution in [0.15, 0.2) is 29.3 Å². The molecule has 16 heavy (non-hydrogen) atoms. The number of hydrogen-bond donors (Lipinski definition) is 1. The van der Waals surface area contributed by atoms with Crippen molar-refractivity contribution in [2.75, 3.05) is 13.1 Å². The van der Waals surface area contributed by atoms with Crippen molar-refractivity contribution >= 4 is 5.84 Å². The fraction of sp³-hybridized carbons (Fsp3) is 0.500. The van der Waals surface area contributed by atoms with Crippen LogP contribution in [0, 0.1) is 0 Å². The molecule has 1 aromatic carbocycles. The maximum atomic E-state index is 4.46. The van der Waals surface area contributed by atoms with Gasteiger partial charge in [-0.3, -0.25) is 4.99 Å². The Hall–Kier alpha value is -1.31. The molecular weight excluding hydrogens is 196 g/mol. The van der Waals surface area contributed by atoms with Gasteiger partial charge in [-0.05, 0) is 23.5 Å². The fourth-order valence-corrected chi connectivity index (χ4v) is 2.14. The second-order valence-electron chi connectivity index (χ2n) is 4.44. The molecule has 0 spiro atoms. The summed E-state index contributed by atoms with van der Waals surface area (Å²) >= 11 is 0. The largest absolute Gasteiger partial charge is 0.372 e. The Kier molecular flexibility index (Phi) is 3.60. The van der Waals surface area contributed by atoms with Crippen LogP contribution in [0.2, 0.25) is 0 Å². The lowest BCUT2D eigenvalue weighted by Crippen LogP contribution is -2.21. The van der Waals surface area contributed by atoms with Crippen LogP contribution in [0.4, 0.5) is 0 Å².